The van der Waals surface area contributed by atoms with E-state index in [1.165, 1.54) is 0 Å². The summed E-state index contributed by atoms with van der Waals surface area (Å²) in [6.07, 6.45) is 5.33. The monoisotopic (exact) mass is 326 g/mol. The summed E-state index contributed by atoms with van der Waals surface area (Å²) in [5.74, 6) is 0. The minimum absolute atomic E-state index is 0.116. The Morgan fingerprint density at radius 3 is 2.55 bits per heavy atom. The molecule has 22 heavy (non-hydrogen) atoms. The van der Waals surface area contributed by atoms with Crippen molar-refractivity contribution in [2.24, 2.45) is 5.10 Å². The minimum Gasteiger partial charge on any atom is -0.411 e. The summed E-state index contributed by atoms with van der Waals surface area (Å²) < 4.78 is 12.9. The maximum absolute atomic E-state index is 6.86. The van der Waals surface area contributed by atoms with Crippen molar-refractivity contribution in [3.8, 4) is 0 Å². The van der Waals surface area contributed by atoms with E-state index in [-0.39, 0.29) is 22.4 Å². The molecule has 0 aliphatic carbocycles. The van der Waals surface area contributed by atoms with Crippen LogP contribution in [0.3, 0.4) is 0 Å². The highest BCUT2D eigenvalue weighted by molar-refractivity contribution is 6.74. The molecule has 0 amide bonds. The molecule has 2 aliphatic rings. The molecule has 0 bridgehead atoms. The van der Waals surface area contributed by atoms with Gasteiger partial charge in [-0.2, -0.15) is 5.10 Å². The summed E-state index contributed by atoms with van der Waals surface area (Å²) >= 11 is 0. The molecule has 1 saturated heterocycles. The number of hydrogen-bond donors (Lipinski definition) is 0. The summed E-state index contributed by atoms with van der Waals surface area (Å²) in [5, 5.41) is 7.03. The predicted octanol–water partition coefficient (Wildman–Crippen LogP) is 4.37. The summed E-state index contributed by atoms with van der Waals surface area (Å²) in [5.41, 5.74) is -0.454. The summed E-state index contributed by atoms with van der Waals surface area (Å²) in [6.45, 7) is 18.7. The van der Waals surface area contributed by atoms with Crippen molar-refractivity contribution < 1.29 is 9.16 Å². The summed E-state index contributed by atoms with van der Waals surface area (Å²) in [6, 6.07) is 0. The third kappa shape index (κ3) is 2.87. The molecule has 0 N–H and O–H groups in total. The van der Waals surface area contributed by atoms with E-state index in [0.717, 1.165) is 19.3 Å². The number of nitrogens with zero attached hydrogens (tertiary/aromatic N) is 2. The van der Waals surface area contributed by atoms with Crippen LogP contribution in [0.1, 0.15) is 60.8 Å². The highest BCUT2D eigenvalue weighted by Gasteiger charge is 2.59. The Morgan fingerprint density at radius 2 is 2.00 bits per heavy atom. The molecule has 2 heterocycles. The molecule has 0 aromatic rings. The molecule has 0 saturated carbocycles. The molecule has 0 aromatic heterocycles. The van der Waals surface area contributed by atoms with E-state index in [1.54, 1.807) is 0 Å². The lowest BCUT2D eigenvalue weighted by Crippen LogP contribution is -2.58. The van der Waals surface area contributed by atoms with Crippen molar-refractivity contribution in [1.82, 2.24) is 5.01 Å². The van der Waals surface area contributed by atoms with E-state index in [4.69, 9.17) is 9.16 Å². The highest BCUT2D eigenvalue weighted by atomic mass is 28.4. The quantitative estimate of drug-likeness (QED) is 0.703. The summed E-state index contributed by atoms with van der Waals surface area (Å²) in [7, 11) is -1.82. The van der Waals surface area contributed by atoms with Crippen molar-refractivity contribution >= 4 is 14.5 Å². The standard InChI is InChI=1S/C17H34N2O2Si/c1-9-10-14(21-22(7,8)15(2,3)4)17-11-12-18-19(17)16(5,6)20-13-17/h12,14H,9-11,13H2,1-8H3/t14-,17+/m1/s1. The van der Waals surface area contributed by atoms with Crippen LogP contribution in [0.25, 0.3) is 0 Å². The molecule has 0 aromatic carbocycles. The number of ether oxygens (including phenoxy) is 1. The first kappa shape index (κ1) is 18.0. The van der Waals surface area contributed by atoms with Crippen LogP contribution in [0.15, 0.2) is 5.10 Å². The molecule has 4 nitrogen and oxygen atoms in total. The molecule has 2 atom stereocenters. The first-order valence-electron chi connectivity index (χ1n) is 8.61. The fourth-order valence-electron chi connectivity index (χ4n) is 3.23. The molecule has 2 rings (SSSR count). The van der Waals surface area contributed by atoms with Gasteiger partial charge in [-0.05, 0) is 38.4 Å². The van der Waals surface area contributed by atoms with Crippen LogP contribution in [0.5, 0.6) is 0 Å². The highest BCUT2D eigenvalue weighted by Crippen LogP contribution is 2.47. The van der Waals surface area contributed by atoms with Crippen LogP contribution in [0, 0.1) is 0 Å². The van der Waals surface area contributed by atoms with Crippen molar-refractivity contribution in [3.63, 3.8) is 0 Å². The second-order valence-corrected chi connectivity index (χ2v) is 13.6. The van der Waals surface area contributed by atoms with Crippen molar-refractivity contribution in [1.29, 1.82) is 0 Å². The topological polar surface area (TPSA) is 34.1 Å². The molecule has 1 fully saturated rings. The largest absolute Gasteiger partial charge is 0.411 e. The summed E-state index contributed by atoms with van der Waals surface area (Å²) in [4.78, 5) is 0. The minimum atomic E-state index is -1.82. The van der Waals surface area contributed by atoms with Gasteiger partial charge in [-0.15, -0.1) is 0 Å². The van der Waals surface area contributed by atoms with Crippen LogP contribution >= 0.6 is 0 Å². The number of hydrazone groups is 1. The zero-order chi connectivity index (χ0) is 16.8. The molecule has 2 aliphatic heterocycles. The van der Waals surface area contributed by atoms with Gasteiger partial charge in [0, 0.05) is 12.6 Å². The molecule has 5 heteroatoms. The van der Waals surface area contributed by atoms with Gasteiger partial charge >= 0.3 is 0 Å². The molecule has 0 unspecified atom stereocenters. The third-order valence-electron chi connectivity index (χ3n) is 5.64. The predicted molar refractivity (Wildman–Crippen MR) is 94.7 cm³/mol. The smallest absolute Gasteiger partial charge is 0.192 e. The van der Waals surface area contributed by atoms with E-state index in [2.05, 4.69) is 64.7 Å². The van der Waals surface area contributed by atoms with E-state index in [1.807, 2.05) is 6.21 Å². The van der Waals surface area contributed by atoms with Gasteiger partial charge < -0.3 is 9.16 Å². The fourth-order valence-corrected chi connectivity index (χ4v) is 4.63. The van der Waals surface area contributed by atoms with Gasteiger partial charge in [-0.1, -0.05) is 34.1 Å². The first-order chi connectivity index (χ1) is 9.96. The Balaban J connectivity index is 2.29. The van der Waals surface area contributed by atoms with Gasteiger partial charge in [-0.25, -0.2) is 0 Å². The van der Waals surface area contributed by atoms with Crippen LogP contribution in [-0.2, 0) is 9.16 Å². The first-order valence-corrected chi connectivity index (χ1v) is 11.5. The van der Waals surface area contributed by atoms with Crippen LogP contribution in [-0.4, -0.2) is 43.5 Å². The van der Waals surface area contributed by atoms with Crippen LogP contribution < -0.4 is 0 Å². The van der Waals surface area contributed by atoms with Gasteiger partial charge in [0.15, 0.2) is 14.0 Å². The van der Waals surface area contributed by atoms with E-state index >= 15 is 0 Å². The maximum atomic E-state index is 6.86. The van der Waals surface area contributed by atoms with Crippen LogP contribution in [0.2, 0.25) is 18.1 Å². The second-order valence-electron chi connectivity index (χ2n) is 8.81. The van der Waals surface area contributed by atoms with E-state index < -0.39 is 8.32 Å². The molecular formula is C17H34N2O2Si. The Labute approximate surface area is 137 Å². The normalized spacial score (nSPS) is 29.0. The van der Waals surface area contributed by atoms with Gasteiger partial charge in [0.2, 0.25) is 0 Å². The Kier molecular flexibility index (Phi) is 4.57. The van der Waals surface area contributed by atoms with Crippen molar-refractivity contribution in [2.75, 3.05) is 6.61 Å². The molecule has 0 radical (unpaired) electrons. The zero-order valence-corrected chi connectivity index (χ0v) is 16.7. The van der Waals surface area contributed by atoms with Gasteiger partial charge in [0.1, 0.15) is 5.54 Å². The lowest BCUT2D eigenvalue weighted by Gasteiger charge is -2.46. The second kappa shape index (κ2) is 5.60. The SMILES string of the molecule is CCC[C@@H](O[Si](C)(C)C(C)(C)C)[C@@]12CC=NN1C(C)(C)OC2. The fraction of sp³-hybridized carbons (Fsp3) is 0.941. The van der Waals surface area contributed by atoms with Gasteiger partial charge in [0.05, 0.1) is 12.7 Å². The van der Waals surface area contributed by atoms with Gasteiger partial charge in [0.25, 0.3) is 0 Å². The third-order valence-corrected chi connectivity index (χ3v) is 10.1. The average molecular weight is 327 g/mol. The molecule has 0 spiro atoms. The number of fused-ring (bicyclic) bond motifs is 1. The number of rotatable bonds is 5. The maximum Gasteiger partial charge on any atom is 0.192 e. The molecule has 128 valence electrons. The lowest BCUT2D eigenvalue weighted by molar-refractivity contribution is -0.0687. The van der Waals surface area contributed by atoms with E-state index in [0.29, 0.717) is 6.61 Å². The molecular weight excluding hydrogens is 292 g/mol. The van der Waals surface area contributed by atoms with Gasteiger partial charge in [-0.3, -0.25) is 5.01 Å². The average Bonchev–Trinajstić information content (AvgIpc) is 2.89. The van der Waals surface area contributed by atoms with Crippen molar-refractivity contribution in [3.05, 3.63) is 0 Å². The van der Waals surface area contributed by atoms with Crippen LogP contribution in [0.4, 0.5) is 0 Å². The van der Waals surface area contributed by atoms with E-state index in [9.17, 15) is 0 Å². The Morgan fingerprint density at radius 1 is 1.36 bits per heavy atom. The zero-order valence-electron chi connectivity index (χ0n) is 15.7. The number of hydrogen-bond acceptors (Lipinski definition) is 4. The lowest BCUT2D eigenvalue weighted by atomic mass is 9.87. The Bertz CT molecular complexity index is 442. The Hall–Kier alpha value is -0.393. The van der Waals surface area contributed by atoms with Crippen molar-refractivity contribution in [2.45, 2.75) is 96.3 Å².